The molecule has 0 aliphatic rings. The summed E-state index contributed by atoms with van der Waals surface area (Å²) < 4.78 is 5.32. The van der Waals surface area contributed by atoms with Crippen LogP contribution >= 0.6 is 0 Å². The minimum absolute atomic E-state index is 0.0449. The zero-order chi connectivity index (χ0) is 10.8. The van der Waals surface area contributed by atoms with Crippen molar-refractivity contribution in [3.8, 4) is 11.5 Å². The van der Waals surface area contributed by atoms with Crippen LogP contribution in [-0.2, 0) is 0 Å². The highest BCUT2D eigenvalue weighted by Crippen LogP contribution is 2.19. The molecule has 0 aliphatic carbocycles. The van der Waals surface area contributed by atoms with Crippen LogP contribution in [-0.4, -0.2) is 10.2 Å². The van der Waals surface area contributed by atoms with Crippen LogP contribution in [0.4, 0.5) is 0 Å². The van der Waals surface area contributed by atoms with Gasteiger partial charge < -0.3 is 10.2 Å². The Morgan fingerprint density at radius 3 is 2.33 bits per heavy atom. The molecule has 0 aliphatic heterocycles. The summed E-state index contributed by atoms with van der Waals surface area (Å²) in [5, 5.41) is 7.72. The Hall–Kier alpha value is -1.68. The van der Waals surface area contributed by atoms with E-state index in [0.717, 1.165) is 11.1 Å². The number of hydrogen-bond donors (Lipinski definition) is 1. The topological polar surface area (TPSA) is 64.9 Å². The second-order valence-corrected chi connectivity index (χ2v) is 3.54. The number of nitrogens with two attached hydrogens (primary N) is 1. The zero-order valence-electron chi connectivity index (χ0n) is 8.77. The second kappa shape index (κ2) is 3.82. The number of benzene rings is 1. The van der Waals surface area contributed by atoms with Crippen LogP contribution in [0.2, 0.25) is 0 Å². The maximum absolute atomic E-state index is 5.76. The van der Waals surface area contributed by atoms with Crippen LogP contribution in [0.15, 0.2) is 28.7 Å². The highest BCUT2D eigenvalue weighted by Gasteiger charge is 2.06. The fourth-order valence-corrected chi connectivity index (χ4v) is 1.34. The van der Waals surface area contributed by atoms with Crippen molar-refractivity contribution in [2.24, 2.45) is 5.73 Å². The third kappa shape index (κ3) is 2.05. The summed E-state index contributed by atoms with van der Waals surface area (Å²) in [7, 11) is 0. The third-order valence-electron chi connectivity index (χ3n) is 2.21. The summed E-state index contributed by atoms with van der Waals surface area (Å²) in [5.74, 6) is 1.12. The first-order valence-corrected chi connectivity index (χ1v) is 4.83. The van der Waals surface area contributed by atoms with Crippen LogP contribution < -0.4 is 5.73 Å². The Morgan fingerprint density at radius 2 is 1.87 bits per heavy atom. The molecule has 4 heteroatoms. The van der Waals surface area contributed by atoms with Crippen LogP contribution in [0.1, 0.15) is 24.4 Å². The van der Waals surface area contributed by atoms with Crippen molar-refractivity contribution in [2.45, 2.75) is 19.9 Å². The molecule has 2 rings (SSSR count). The SMILES string of the molecule is Cc1nnc(-c2ccc(C(C)N)cc2)o1. The van der Waals surface area contributed by atoms with E-state index in [0.29, 0.717) is 11.8 Å². The van der Waals surface area contributed by atoms with Gasteiger partial charge in [-0.2, -0.15) is 0 Å². The molecule has 0 amide bonds. The highest BCUT2D eigenvalue weighted by molar-refractivity contribution is 5.53. The Morgan fingerprint density at radius 1 is 1.20 bits per heavy atom. The van der Waals surface area contributed by atoms with Gasteiger partial charge in [0.25, 0.3) is 0 Å². The van der Waals surface area contributed by atoms with Crippen LogP contribution in [0.3, 0.4) is 0 Å². The number of rotatable bonds is 2. The van der Waals surface area contributed by atoms with E-state index in [2.05, 4.69) is 10.2 Å². The van der Waals surface area contributed by atoms with E-state index in [-0.39, 0.29) is 6.04 Å². The Balaban J connectivity index is 2.31. The number of nitrogens with zero attached hydrogens (tertiary/aromatic N) is 2. The predicted octanol–water partition coefficient (Wildman–Crippen LogP) is 2.06. The smallest absolute Gasteiger partial charge is 0.247 e. The Bertz CT molecular complexity index is 445. The number of aryl methyl sites for hydroxylation is 1. The average molecular weight is 203 g/mol. The molecule has 1 aromatic heterocycles. The van der Waals surface area contributed by atoms with E-state index >= 15 is 0 Å². The molecule has 0 saturated carbocycles. The largest absolute Gasteiger partial charge is 0.421 e. The lowest BCUT2D eigenvalue weighted by Crippen LogP contribution is -2.04. The van der Waals surface area contributed by atoms with E-state index in [4.69, 9.17) is 10.2 Å². The Labute approximate surface area is 88.1 Å². The molecular weight excluding hydrogens is 190 g/mol. The minimum atomic E-state index is 0.0449. The van der Waals surface area contributed by atoms with Gasteiger partial charge in [0.2, 0.25) is 11.8 Å². The molecule has 0 radical (unpaired) electrons. The molecule has 1 atom stereocenters. The summed E-state index contributed by atoms with van der Waals surface area (Å²) in [6.45, 7) is 3.72. The lowest BCUT2D eigenvalue weighted by molar-refractivity contribution is 0.532. The van der Waals surface area contributed by atoms with Gasteiger partial charge in [-0.05, 0) is 24.6 Å². The first-order chi connectivity index (χ1) is 7.16. The summed E-state index contributed by atoms with van der Waals surface area (Å²) in [6, 6.07) is 7.86. The van der Waals surface area contributed by atoms with E-state index in [1.54, 1.807) is 6.92 Å². The lowest BCUT2D eigenvalue weighted by Gasteiger charge is -2.04. The van der Waals surface area contributed by atoms with E-state index in [1.807, 2.05) is 31.2 Å². The molecule has 1 unspecified atom stereocenters. The monoisotopic (exact) mass is 203 g/mol. The quantitative estimate of drug-likeness (QED) is 0.811. The third-order valence-corrected chi connectivity index (χ3v) is 2.21. The molecule has 4 nitrogen and oxygen atoms in total. The van der Waals surface area contributed by atoms with Gasteiger partial charge in [-0.1, -0.05) is 12.1 Å². The standard InChI is InChI=1S/C11H13N3O/c1-7(12)9-3-5-10(6-4-9)11-14-13-8(2)15-11/h3-7H,12H2,1-2H3. The predicted molar refractivity (Wildman–Crippen MR) is 57.1 cm³/mol. The van der Waals surface area contributed by atoms with E-state index in [9.17, 15) is 0 Å². The van der Waals surface area contributed by atoms with Gasteiger partial charge in [0, 0.05) is 18.5 Å². The molecule has 15 heavy (non-hydrogen) atoms. The maximum Gasteiger partial charge on any atom is 0.247 e. The van der Waals surface area contributed by atoms with Crippen molar-refractivity contribution >= 4 is 0 Å². The van der Waals surface area contributed by atoms with E-state index < -0.39 is 0 Å². The molecule has 1 aromatic carbocycles. The van der Waals surface area contributed by atoms with Crippen LogP contribution in [0.5, 0.6) is 0 Å². The number of aromatic nitrogens is 2. The van der Waals surface area contributed by atoms with E-state index in [1.165, 1.54) is 0 Å². The molecular formula is C11H13N3O. The Kier molecular flexibility index (Phi) is 2.51. The van der Waals surface area contributed by atoms with Gasteiger partial charge in [0.15, 0.2) is 0 Å². The van der Waals surface area contributed by atoms with Gasteiger partial charge in [-0.15, -0.1) is 10.2 Å². The van der Waals surface area contributed by atoms with Gasteiger partial charge in [-0.25, -0.2) is 0 Å². The van der Waals surface area contributed by atoms with Crippen LogP contribution in [0, 0.1) is 6.92 Å². The molecule has 0 saturated heterocycles. The molecule has 0 fully saturated rings. The lowest BCUT2D eigenvalue weighted by atomic mass is 10.1. The van der Waals surface area contributed by atoms with Crippen molar-refractivity contribution in [1.82, 2.24) is 10.2 Å². The molecule has 2 aromatic rings. The molecule has 2 N–H and O–H groups in total. The van der Waals surface area contributed by atoms with Gasteiger partial charge in [0.1, 0.15) is 0 Å². The molecule has 78 valence electrons. The van der Waals surface area contributed by atoms with Crippen molar-refractivity contribution in [1.29, 1.82) is 0 Å². The normalized spacial score (nSPS) is 12.7. The summed E-state index contributed by atoms with van der Waals surface area (Å²) in [5.41, 5.74) is 7.76. The van der Waals surface area contributed by atoms with Crippen LogP contribution in [0.25, 0.3) is 11.5 Å². The van der Waals surface area contributed by atoms with Crippen molar-refractivity contribution < 1.29 is 4.42 Å². The fourth-order valence-electron chi connectivity index (χ4n) is 1.34. The molecule has 0 spiro atoms. The van der Waals surface area contributed by atoms with Gasteiger partial charge in [-0.3, -0.25) is 0 Å². The molecule has 1 heterocycles. The van der Waals surface area contributed by atoms with Gasteiger partial charge in [0.05, 0.1) is 0 Å². The van der Waals surface area contributed by atoms with Crippen molar-refractivity contribution in [3.05, 3.63) is 35.7 Å². The van der Waals surface area contributed by atoms with Crippen molar-refractivity contribution in [2.75, 3.05) is 0 Å². The van der Waals surface area contributed by atoms with Crippen molar-refractivity contribution in [3.63, 3.8) is 0 Å². The summed E-state index contributed by atoms with van der Waals surface area (Å²) in [4.78, 5) is 0. The average Bonchev–Trinajstić information content (AvgIpc) is 2.65. The highest BCUT2D eigenvalue weighted by atomic mass is 16.4. The zero-order valence-corrected chi connectivity index (χ0v) is 8.77. The molecule has 0 bridgehead atoms. The first kappa shape index (κ1) is 9.86. The summed E-state index contributed by atoms with van der Waals surface area (Å²) >= 11 is 0. The fraction of sp³-hybridized carbons (Fsp3) is 0.273. The van der Waals surface area contributed by atoms with Gasteiger partial charge >= 0.3 is 0 Å². The maximum atomic E-state index is 5.76. The first-order valence-electron chi connectivity index (χ1n) is 4.83. The number of hydrogen-bond acceptors (Lipinski definition) is 4. The second-order valence-electron chi connectivity index (χ2n) is 3.54. The minimum Gasteiger partial charge on any atom is -0.421 e. The summed E-state index contributed by atoms with van der Waals surface area (Å²) in [6.07, 6.45) is 0.